The summed E-state index contributed by atoms with van der Waals surface area (Å²) < 4.78 is 19.2. The average Bonchev–Trinajstić information content (AvgIpc) is 2.83. The molecule has 1 N–H and O–H groups in total. The van der Waals surface area contributed by atoms with E-state index >= 15 is 0 Å². The van der Waals surface area contributed by atoms with Gasteiger partial charge in [-0.2, -0.15) is 0 Å². The first-order chi connectivity index (χ1) is 12.7. The molecule has 0 radical (unpaired) electrons. The molecule has 2 aromatic rings. The van der Waals surface area contributed by atoms with Crippen molar-refractivity contribution in [3.05, 3.63) is 53.3 Å². The summed E-state index contributed by atoms with van der Waals surface area (Å²) in [6, 6.07) is 11.0. The van der Waals surface area contributed by atoms with Gasteiger partial charge in [-0.15, -0.1) is 0 Å². The predicted molar refractivity (Wildman–Crippen MR) is 100 cm³/mol. The van der Waals surface area contributed by atoms with Crippen molar-refractivity contribution < 1.29 is 13.9 Å². The Morgan fingerprint density at radius 2 is 2.12 bits per heavy atom. The SMILES string of the molecule is CCN1C(=O)CCc2cc(NC3CCCOc4cc(F)ccc43)ccc21. The van der Waals surface area contributed by atoms with E-state index in [1.165, 1.54) is 17.7 Å². The lowest BCUT2D eigenvalue weighted by Crippen LogP contribution is -2.34. The van der Waals surface area contributed by atoms with E-state index in [0.29, 0.717) is 25.3 Å². The van der Waals surface area contributed by atoms with Crippen LogP contribution in [0.4, 0.5) is 15.8 Å². The smallest absolute Gasteiger partial charge is 0.227 e. The van der Waals surface area contributed by atoms with Crippen LogP contribution in [0.1, 0.15) is 43.4 Å². The molecular weight excluding hydrogens is 331 g/mol. The molecule has 4 rings (SSSR count). The molecule has 2 aliphatic heterocycles. The van der Waals surface area contributed by atoms with Crippen molar-refractivity contribution in [3.8, 4) is 5.75 Å². The number of carbonyl (C=O) groups is 1. The molecule has 5 heteroatoms. The monoisotopic (exact) mass is 354 g/mol. The predicted octanol–water partition coefficient (Wildman–Crippen LogP) is 4.45. The molecule has 2 heterocycles. The van der Waals surface area contributed by atoms with Gasteiger partial charge in [-0.25, -0.2) is 4.39 Å². The number of benzene rings is 2. The largest absolute Gasteiger partial charge is 0.493 e. The summed E-state index contributed by atoms with van der Waals surface area (Å²) in [5.41, 5.74) is 4.23. The summed E-state index contributed by atoms with van der Waals surface area (Å²) in [5, 5.41) is 3.58. The van der Waals surface area contributed by atoms with E-state index < -0.39 is 0 Å². The number of anilines is 2. The zero-order chi connectivity index (χ0) is 18.1. The number of aryl methyl sites for hydroxylation is 1. The lowest BCUT2D eigenvalue weighted by molar-refractivity contribution is -0.118. The molecule has 0 spiro atoms. The highest BCUT2D eigenvalue weighted by Gasteiger charge is 2.24. The lowest BCUT2D eigenvalue weighted by Gasteiger charge is -2.29. The summed E-state index contributed by atoms with van der Waals surface area (Å²) in [6.07, 6.45) is 3.17. The molecule has 2 aliphatic rings. The van der Waals surface area contributed by atoms with E-state index in [2.05, 4.69) is 11.4 Å². The van der Waals surface area contributed by atoms with E-state index in [0.717, 1.165) is 36.2 Å². The second-order valence-corrected chi connectivity index (χ2v) is 6.85. The first kappa shape index (κ1) is 16.9. The molecule has 0 aromatic heterocycles. The highest BCUT2D eigenvalue weighted by atomic mass is 19.1. The number of halogens is 1. The Morgan fingerprint density at radius 3 is 2.96 bits per heavy atom. The quantitative estimate of drug-likeness (QED) is 0.885. The zero-order valence-corrected chi connectivity index (χ0v) is 14.9. The van der Waals surface area contributed by atoms with Crippen molar-refractivity contribution in [1.82, 2.24) is 0 Å². The van der Waals surface area contributed by atoms with Crippen LogP contribution in [0.5, 0.6) is 5.75 Å². The van der Waals surface area contributed by atoms with E-state index in [9.17, 15) is 9.18 Å². The highest BCUT2D eigenvalue weighted by molar-refractivity contribution is 5.96. The van der Waals surface area contributed by atoms with Crippen LogP contribution in [0.3, 0.4) is 0 Å². The number of carbonyl (C=O) groups excluding carboxylic acids is 1. The van der Waals surface area contributed by atoms with Crippen LogP contribution >= 0.6 is 0 Å². The van der Waals surface area contributed by atoms with Crippen LogP contribution in [-0.2, 0) is 11.2 Å². The molecule has 0 fully saturated rings. The number of ether oxygens (including phenoxy) is 1. The Kier molecular flexibility index (Phi) is 4.53. The summed E-state index contributed by atoms with van der Waals surface area (Å²) in [5.74, 6) is 0.542. The first-order valence-corrected chi connectivity index (χ1v) is 9.28. The standard InChI is InChI=1S/C21H23FN2O2/c1-2-24-19-9-7-16(12-14(19)5-10-21(24)25)23-18-4-3-11-26-20-13-15(22)6-8-17(18)20/h6-9,12-13,18,23H,2-5,10-11H2,1H3. The van der Waals surface area contributed by atoms with Crippen molar-refractivity contribution in [3.63, 3.8) is 0 Å². The minimum absolute atomic E-state index is 0.0821. The zero-order valence-electron chi connectivity index (χ0n) is 14.9. The summed E-state index contributed by atoms with van der Waals surface area (Å²) >= 11 is 0. The van der Waals surface area contributed by atoms with E-state index in [4.69, 9.17) is 4.74 Å². The number of hydrogen-bond donors (Lipinski definition) is 1. The maximum absolute atomic E-state index is 13.5. The Morgan fingerprint density at radius 1 is 1.23 bits per heavy atom. The fourth-order valence-electron chi connectivity index (χ4n) is 3.89. The van der Waals surface area contributed by atoms with E-state index in [1.54, 1.807) is 0 Å². The number of nitrogens with one attached hydrogen (secondary N) is 1. The van der Waals surface area contributed by atoms with Gasteiger partial charge in [-0.1, -0.05) is 6.07 Å². The number of hydrogen-bond acceptors (Lipinski definition) is 3. The number of amides is 1. The van der Waals surface area contributed by atoms with Gasteiger partial charge < -0.3 is 15.0 Å². The van der Waals surface area contributed by atoms with Crippen molar-refractivity contribution in [2.24, 2.45) is 0 Å². The van der Waals surface area contributed by atoms with Crippen molar-refractivity contribution in [2.75, 3.05) is 23.4 Å². The Balaban J connectivity index is 1.61. The van der Waals surface area contributed by atoms with Gasteiger partial charge in [-0.05, 0) is 56.0 Å². The van der Waals surface area contributed by atoms with Crippen molar-refractivity contribution in [2.45, 2.75) is 38.6 Å². The van der Waals surface area contributed by atoms with Gasteiger partial charge in [-0.3, -0.25) is 4.79 Å². The molecule has 136 valence electrons. The second kappa shape index (κ2) is 6.98. The van der Waals surface area contributed by atoms with Crippen molar-refractivity contribution >= 4 is 17.3 Å². The summed E-state index contributed by atoms with van der Waals surface area (Å²) in [6.45, 7) is 3.30. The van der Waals surface area contributed by atoms with Gasteiger partial charge in [0.05, 0.1) is 12.6 Å². The lowest BCUT2D eigenvalue weighted by atomic mass is 9.98. The van der Waals surface area contributed by atoms with Crippen LogP contribution in [0.25, 0.3) is 0 Å². The molecule has 4 nitrogen and oxygen atoms in total. The maximum atomic E-state index is 13.5. The molecule has 0 saturated carbocycles. The average molecular weight is 354 g/mol. The van der Waals surface area contributed by atoms with Crippen LogP contribution in [-0.4, -0.2) is 19.1 Å². The molecule has 1 atom stereocenters. The first-order valence-electron chi connectivity index (χ1n) is 9.28. The Bertz CT molecular complexity index is 837. The number of nitrogens with zero attached hydrogens (tertiary/aromatic N) is 1. The van der Waals surface area contributed by atoms with E-state index in [1.807, 2.05) is 30.0 Å². The number of fused-ring (bicyclic) bond motifs is 2. The number of rotatable bonds is 3. The van der Waals surface area contributed by atoms with Gasteiger partial charge in [0.15, 0.2) is 0 Å². The molecule has 0 bridgehead atoms. The molecule has 26 heavy (non-hydrogen) atoms. The summed E-state index contributed by atoms with van der Waals surface area (Å²) in [7, 11) is 0. The van der Waals surface area contributed by atoms with Crippen LogP contribution in [0.15, 0.2) is 36.4 Å². The molecular formula is C21H23FN2O2. The van der Waals surface area contributed by atoms with E-state index in [-0.39, 0.29) is 17.8 Å². The fourth-order valence-corrected chi connectivity index (χ4v) is 3.89. The van der Waals surface area contributed by atoms with Crippen LogP contribution < -0.4 is 15.0 Å². The topological polar surface area (TPSA) is 41.6 Å². The third kappa shape index (κ3) is 3.14. The van der Waals surface area contributed by atoms with Crippen LogP contribution in [0.2, 0.25) is 0 Å². The van der Waals surface area contributed by atoms with Crippen molar-refractivity contribution in [1.29, 1.82) is 0 Å². The third-order valence-corrected chi connectivity index (χ3v) is 5.18. The minimum Gasteiger partial charge on any atom is -0.493 e. The summed E-state index contributed by atoms with van der Waals surface area (Å²) in [4.78, 5) is 13.9. The van der Waals surface area contributed by atoms with Gasteiger partial charge in [0.2, 0.25) is 5.91 Å². The maximum Gasteiger partial charge on any atom is 0.227 e. The normalized spacial score (nSPS) is 19.2. The molecule has 1 amide bonds. The molecule has 0 aliphatic carbocycles. The Hall–Kier alpha value is -2.56. The van der Waals surface area contributed by atoms with Gasteiger partial charge in [0.1, 0.15) is 11.6 Å². The third-order valence-electron chi connectivity index (χ3n) is 5.18. The minimum atomic E-state index is -0.275. The Labute approximate surface area is 153 Å². The van der Waals surface area contributed by atoms with Gasteiger partial charge in [0, 0.05) is 36.0 Å². The molecule has 2 aromatic carbocycles. The fraction of sp³-hybridized carbons (Fsp3) is 0.381. The second-order valence-electron chi connectivity index (χ2n) is 6.85. The van der Waals surface area contributed by atoms with Gasteiger partial charge in [0.25, 0.3) is 0 Å². The molecule has 0 saturated heterocycles. The molecule has 1 unspecified atom stereocenters. The van der Waals surface area contributed by atoms with Crippen LogP contribution in [0, 0.1) is 5.82 Å². The van der Waals surface area contributed by atoms with Gasteiger partial charge >= 0.3 is 0 Å². The highest BCUT2D eigenvalue weighted by Crippen LogP contribution is 2.36.